The monoisotopic (exact) mass is 541 g/mol. The third kappa shape index (κ3) is 4.12. The van der Waals surface area contributed by atoms with Gasteiger partial charge in [0.2, 0.25) is 0 Å². The zero-order valence-electron chi connectivity index (χ0n) is 22.0. The molecule has 3 aliphatic rings. The van der Waals surface area contributed by atoms with Crippen LogP contribution in [-0.4, -0.2) is 77.4 Å². The van der Waals surface area contributed by atoms with Crippen LogP contribution in [-0.2, 0) is 0 Å². The molecular formula is C30H29F2N7O. The molecule has 2 atom stereocenters. The first-order valence-electron chi connectivity index (χ1n) is 13.8. The Morgan fingerprint density at radius 1 is 1.12 bits per heavy atom. The third-order valence-electron chi connectivity index (χ3n) is 8.57. The highest BCUT2D eigenvalue weighted by Crippen LogP contribution is 2.41. The molecule has 4 aromatic rings. The van der Waals surface area contributed by atoms with Crippen molar-refractivity contribution < 1.29 is 13.5 Å². The molecule has 0 bridgehead atoms. The molecule has 1 unspecified atom stereocenters. The average molecular weight is 542 g/mol. The fourth-order valence-electron chi connectivity index (χ4n) is 6.67. The first kappa shape index (κ1) is 25.1. The lowest BCUT2D eigenvalue weighted by molar-refractivity contribution is 0.107. The second kappa shape index (κ2) is 9.91. The van der Waals surface area contributed by atoms with Crippen molar-refractivity contribution in [1.82, 2.24) is 25.2 Å². The van der Waals surface area contributed by atoms with Gasteiger partial charge in [0.25, 0.3) is 0 Å². The van der Waals surface area contributed by atoms with E-state index in [1.165, 1.54) is 0 Å². The summed E-state index contributed by atoms with van der Waals surface area (Å²) in [6.45, 7) is 4.49. The largest absolute Gasteiger partial charge is 0.461 e. The highest BCUT2D eigenvalue weighted by Gasteiger charge is 2.49. The Morgan fingerprint density at radius 3 is 2.77 bits per heavy atom. The molecule has 40 heavy (non-hydrogen) atoms. The number of fused-ring (bicyclic) bond motifs is 3. The van der Waals surface area contributed by atoms with Gasteiger partial charge in [0.1, 0.15) is 29.8 Å². The number of rotatable bonds is 5. The zero-order valence-corrected chi connectivity index (χ0v) is 22.0. The number of nitrogens with one attached hydrogen (secondary N) is 1. The van der Waals surface area contributed by atoms with Crippen LogP contribution >= 0.6 is 0 Å². The zero-order chi connectivity index (χ0) is 27.3. The molecule has 0 aliphatic carbocycles. The number of nitrogens with zero attached hydrogens (tertiary/aromatic N) is 6. The Kier molecular flexibility index (Phi) is 6.21. The van der Waals surface area contributed by atoms with Gasteiger partial charge in [-0.25, -0.2) is 8.78 Å². The Morgan fingerprint density at radius 2 is 1.95 bits per heavy atom. The molecule has 7 rings (SSSR count). The molecule has 10 heteroatoms. The van der Waals surface area contributed by atoms with Gasteiger partial charge in [0.15, 0.2) is 5.82 Å². The van der Waals surface area contributed by atoms with E-state index >= 15 is 4.39 Å². The van der Waals surface area contributed by atoms with E-state index in [9.17, 15) is 9.65 Å². The molecule has 0 radical (unpaired) electrons. The summed E-state index contributed by atoms with van der Waals surface area (Å²) in [6.07, 6.45) is 3.03. The maximum Gasteiger partial charge on any atom is 0.319 e. The molecule has 204 valence electrons. The lowest BCUT2D eigenvalue weighted by atomic mass is 9.95. The minimum atomic E-state index is -0.872. The van der Waals surface area contributed by atoms with Crippen molar-refractivity contribution in [3.8, 4) is 23.3 Å². The average Bonchev–Trinajstić information content (AvgIpc) is 3.51. The first-order valence-corrected chi connectivity index (χ1v) is 13.8. The van der Waals surface area contributed by atoms with Crippen molar-refractivity contribution in [1.29, 1.82) is 5.26 Å². The molecule has 2 aromatic heterocycles. The van der Waals surface area contributed by atoms with Gasteiger partial charge in [-0.1, -0.05) is 30.3 Å². The smallest absolute Gasteiger partial charge is 0.319 e. The number of benzene rings is 2. The summed E-state index contributed by atoms with van der Waals surface area (Å²) in [6, 6.07) is 13.2. The van der Waals surface area contributed by atoms with E-state index < -0.39 is 12.0 Å². The molecule has 0 saturated carbocycles. The first-order chi connectivity index (χ1) is 19.6. The van der Waals surface area contributed by atoms with Crippen molar-refractivity contribution in [2.24, 2.45) is 0 Å². The van der Waals surface area contributed by atoms with Crippen molar-refractivity contribution in [3.63, 3.8) is 0 Å². The number of hydrogen-bond donors (Lipinski definition) is 1. The minimum absolute atomic E-state index is 0.0799. The van der Waals surface area contributed by atoms with Crippen LogP contribution in [0.2, 0.25) is 0 Å². The van der Waals surface area contributed by atoms with E-state index in [4.69, 9.17) is 9.72 Å². The standard InChI is InChI=1S/C30H29F2N7O/c31-21-14-30(8-3-11-39(30)17-21)18-40-29-36-27-23(28(37-29)38-12-9-34-10-13-38)16-35-26(25(27)32)22-7-2-5-19-4-1-6-20(15-33)24(19)22/h1-2,4-7,16,21,34H,3,8-14,17-18H2/t21?,30-/m0/s1. The van der Waals surface area contributed by atoms with E-state index in [0.717, 1.165) is 37.9 Å². The van der Waals surface area contributed by atoms with Gasteiger partial charge in [-0.2, -0.15) is 15.2 Å². The molecule has 3 fully saturated rings. The lowest BCUT2D eigenvalue weighted by Crippen LogP contribution is -2.44. The number of ether oxygens (including phenoxy) is 1. The van der Waals surface area contributed by atoms with E-state index in [-0.39, 0.29) is 29.4 Å². The van der Waals surface area contributed by atoms with E-state index in [0.29, 0.717) is 53.8 Å². The van der Waals surface area contributed by atoms with Crippen molar-refractivity contribution in [3.05, 3.63) is 54.0 Å². The fourth-order valence-corrected chi connectivity index (χ4v) is 6.67. The van der Waals surface area contributed by atoms with Gasteiger partial charge in [0, 0.05) is 56.3 Å². The predicted molar refractivity (Wildman–Crippen MR) is 149 cm³/mol. The molecule has 3 saturated heterocycles. The van der Waals surface area contributed by atoms with Crippen molar-refractivity contribution >= 4 is 27.5 Å². The van der Waals surface area contributed by atoms with E-state index in [2.05, 4.69) is 31.2 Å². The second-order valence-corrected chi connectivity index (χ2v) is 10.9. The second-order valence-electron chi connectivity index (χ2n) is 10.9. The quantitative estimate of drug-likeness (QED) is 0.402. The SMILES string of the molecule is N#Cc1cccc2cccc(-c3ncc4c(N5CCNCC5)nc(OC[C@@]56CCCN5CC(F)C6)nc4c3F)c12. The molecule has 5 heterocycles. The summed E-state index contributed by atoms with van der Waals surface area (Å²) < 4.78 is 37.0. The van der Waals surface area contributed by atoms with Gasteiger partial charge in [0.05, 0.1) is 22.6 Å². The molecule has 0 amide bonds. The van der Waals surface area contributed by atoms with Crippen molar-refractivity contribution in [2.75, 3.05) is 50.8 Å². The van der Waals surface area contributed by atoms with Crippen LogP contribution in [0.3, 0.4) is 0 Å². The Balaban J connectivity index is 1.35. The van der Waals surface area contributed by atoms with Crippen molar-refractivity contribution in [2.45, 2.75) is 31.0 Å². The topological polar surface area (TPSA) is 90.2 Å². The van der Waals surface area contributed by atoms with Gasteiger partial charge in [-0.05, 0) is 30.8 Å². The summed E-state index contributed by atoms with van der Waals surface area (Å²) in [5.41, 5.74) is 0.842. The number of aromatic nitrogens is 3. The normalized spacial score (nSPS) is 23.0. The van der Waals surface area contributed by atoms with Crippen LogP contribution < -0.4 is 15.0 Å². The fraction of sp³-hybridized carbons (Fsp3) is 0.400. The van der Waals surface area contributed by atoms with Crippen LogP contribution in [0, 0.1) is 17.1 Å². The molecule has 1 N–H and O–H groups in total. The highest BCUT2D eigenvalue weighted by atomic mass is 19.1. The lowest BCUT2D eigenvalue weighted by Gasteiger charge is -2.31. The summed E-state index contributed by atoms with van der Waals surface area (Å²) in [5, 5.41) is 15.1. The van der Waals surface area contributed by atoms with Crippen LogP contribution in [0.25, 0.3) is 32.9 Å². The number of anilines is 1. The van der Waals surface area contributed by atoms with Crippen LogP contribution in [0.4, 0.5) is 14.6 Å². The molecule has 3 aliphatic heterocycles. The van der Waals surface area contributed by atoms with Crippen LogP contribution in [0.5, 0.6) is 6.01 Å². The Hall–Kier alpha value is -3.94. The Bertz CT molecular complexity index is 1650. The minimum Gasteiger partial charge on any atom is -0.461 e. The van der Waals surface area contributed by atoms with Gasteiger partial charge in [-0.15, -0.1) is 0 Å². The predicted octanol–water partition coefficient (Wildman–Crippen LogP) is 4.22. The number of alkyl halides is 1. The maximum absolute atomic E-state index is 16.5. The summed E-state index contributed by atoms with van der Waals surface area (Å²) in [4.78, 5) is 18.1. The number of pyridine rings is 1. The van der Waals surface area contributed by atoms with Crippen LogP contribution in [0.1, 0.15) is 24.8 Å². The van der Waals surface area contributed by atoms with Gasteiger partial charge < -0.3 is 15.0 Å². The van der Waals surface area contributed by atoms with E-state index in [1.54, 1.807) is 18.3 Å². The summed E-state index contributed by atoms with van der Waals surface area (Å²) in [5.74, 6) is -0.0163. The van der Waals surface area contributed by atoms with Gasteiger partial charge in [-0.3, -0.25) is 9.88 Å². The number of hydrogen-bond acceptors (Lipinski definition) is 8. The molecule has 0 spiro atoms. The maximum atomic E-state index is 16.5. The number of piperazine rings is 1. The Labute approximate surface area is 230 Å². The summed E-state index contributed by atoms with van der Waals surface area (Å²) >= 11 is 0. The molecule has 8 nitrogen and oxygen atoms in total. The molecular weight excluding hydrogens is 512 g/mol. The highest BCUT2D eigenvalue weighted by molar-refractivity contribution is 6.01. The van der Waals surface area contributed by atoms with Gasteiger partial charge >= 0.3 is 6.01 Å². The van der Waals surface area contributed by atoms with E-state index in [1.807, 2.05) is 24.3 Å². The molecule has 2 aromatic carbocycles. The number of nitriles is 1. The van der Waals surface area contributed by atoms with Crippen LogP contribution in [0.15, 0.2) is 42.6 Å². The number of halogens is 2. The third-order valence-corrected chi connectivity index (χ3v) is 8.57. The summed E-state index contributed by atoms with van der Waals surface area (Å²) in [7, 11) is 0.